The molecule has 34 heavy (non-hydrogen) atoms. The van der Waals surface area contributed by atoms with Crippen LogP contribution >= 0.6 is 0 Å². The van der Waals surface area contributed by atoms with Crippen LogP contribution in [0.4, 0.5) is 0 Å². The van der Waals surface area contributed by atoms with Gasteiger partial charge in [-0.15, -0.1) is 0 Å². The summed E-state index contributed by atoms with van der Waals surface area (Å²) in [6.07, 6.45) is 2.49. The Kier molecular flexibility index (Phi) is 6.84. The number of phenols is 4. The molecular formula is C26H30O8. The van der Waals surface area contributed by atoms with Gasteiger partial charge in [-0.05, 0) is 59.1 Å². The monoisotopic (exact) mass is 470 g/mol. The highest BCUT2D eigenvalue weighted by Crippen LogP contribution is 2.43. The molecule has 0 unspecified atom stereocenters. The quantitative estimate of drug-likeness (QED) is 0.251. The third-order valence-corrected chi connectivity index (χ3v) is 5.60. The normalized spacial score (nSPS) is 11.6. The minimum absolute atomic E-state index is 0.0260. The SMILES string of the molecule is COc1c(-c2ccc(O)c(O)c2CC=C(C)C)oc2c(CCC(C)(C)O)c(O)cc(O)c2c1=O. The molecule has 8 nitrogen and oxygen atoms in total. The Bertz CT molecular complexity index is 1320. The highest BCUT2D eigenvalue weighted by Gasteiger charge is 2.26. The van der Waals surface area contributed by atoms with Gasteiger partial charge in [0, 0.05) is 22.8 Å². The van der Waals surface area contributed by atoms with Gasteiger partial charge in [-0.1, -0.05) is 11.6 Å². The zero-order chi connectivity index (χ0) is 25.4. The number of methoxy groups -OCH3 is 1. The van der Waals surface area contributed by atoms with Crippen LogP contribution in [0, 0.1) is 0 Å². The molecule has 8 heteroatoms. The summed E-state index contributed by atoms with van der Waals surface area (Å²) < 4.78 is 11.5. The first kappa shape index (κ1) is 25.0. The zero-order valence-corrected chi connectivity index (χ0v) is 19.9. The van der Waals surface area contributed by atoms with Crippen LogP contribution in [0.1, 0.15) is 45.2 Å². The number of hydrogen-bond donors (Lipinski definition) is 5. The number of fused-ring (bicyclic) bond motifs is 1. The molecule has 0 bridgehead atoms. The smallest absolute Gasteiger partial charge is 0.239 e. The molecule has 0 spiro atoms. The predicted molar refractivity (Wildman–Crippen MR) is 129 cm³/mol. The van der Waals surface area contributed by atoms with Crippen molar-refractivity contribution in [3.8, 4) is 40.1 Å². The van der Waals surface area contributed by atoms with Gasteiger partial charge in [0.1, 0.15) is 22.5 Å². The molecule has 0 aliphatic heterocycles. The first-order valence-electron chi connectivity index (χ1n) is 10.8. The van der Waals surface area contributed by atoms with Crippen molar-refractivity contribution in [1.82, 2.24) is 0 Å². The van der Waals surface area contributed by atoms with Crippen LogP contribution in [0.3, 0.4) is 0 Å². The number of allylic oxidation sites excluding steroid dienone is 2. The molecule has 0 atom stereocenters. The van der Waals surface area contributed by atoms with E-state index in [0.29, 0.717) is 11.1 Å². The van der Waals surface area contributed by atoms with E-state index in [-0.39, 0.29) is 64.6 Å². The fourth-order valence-electron chi connectivity index (χ4n) is 3.75. The van der Waals surface area contributed by atoms with Crippen molar-refractivity contribution in [3.05, 3.63) is 51.2 Å². The van der Waals surface area contributed by atoms with Crippen molar-refractivity contribution < 1.29 is 34.7 Å². The van der Waals surface area contributed by atoms with Gasteiger partial charge in [-0.3, -0.25) is 4.79 Å². The molecule has 2 aromatic carbocycles. The third-order valence-electron chi connectivity index (χ3n) is 5.60. The second-order valence-corrected chi connectivity index (χ2v) is 9.15. The van der Waals surface area contributed by atoms with Gasteiger partial charge >= 0.3 is 0 Å². The largest absolute Gasteiger partial charge is 0.507 e. The summed E-state index contributed by atoms with van der Waals surface area (Å²) in [6.45, 7) is 7.01. The highest BCUT2D eigenvalue weighted by atomic mass is 16.5. The van der Waals surface area contributed by atoms with Crippen molar-refractivity contribution in [2.24, 2.45) is 0 Å². The van der Waals surface area contributed by atoms with E-state index in [0.717, 1.165) is 11.6 Å². The molecule has 5 N–H and O–H groups in total. The van der Waals surface area contributed by atoms with Crippen molar-refractivity contribution in [1.29, 1.82) is 0 Å². The lowest BCUT2D eigenvalue weighted by Gasteiger charge is -2.19. The summed E-state index contributed by atoms with van der Waals surface area (Å²) in [5.41, 5.74) is 0.0650. The molecule has 0 aliphatic carbocycles. The number of ether oxygens (including phenoxy) is 1. The maximum Gasteiger partial charge on any atom is 0.239 e. The Morgan fingerprint density at radius 3 is 2.32 bits per heavy atom. The Labute approximate surface area is 197 Å². The summed E-state index contributed by atoms with van der Waals surface area (Å²) in [5.74, 6) is -1.68. The number of rotatable bonds is 7. The zero-order valence-electron chi connectivity index (χ0n) is 19.9. The Morgan fingerprint density at radius 2 is 1.74 bits per heavy atom. The molecular weight excluding hydrogens is 440 g/mol. The van der Waals surface area contributed by atoms with Gasteiger partial charge < -0.3 is 34.7 Å². The van der Waals surface area contributed by atoms with Gasteiger partial charge in [0.2, 0.25) is 11.2 Å². The molecule has 0 radical (unpaired) electrons. The lowest BCUT2D eigenvalue weighted by atomic mass is 9.95. The number of benzene rings is 2. The number of aromatic hydroxyl groups is 4. The summed E-state index contributed by atoms with van der Waals surface area (Å²) in [4.78, 5) is 13.4. The minimum atomic E-state index is -1.05. The van der Waals surface area contributed by atoms with E-state index < -0.39 is 16.8 Å². The first-order chi connectivity index (χ1) is 15.9. The van der Waals surface area contributed by atoms with E-state index in [9.17, 15) is 30.3 Å². The Morgan fingerprint density at radius 1 is 1.06 bits per heavy atom. The fraction of sp³-hybridized carbons (Fsp3) is 0.346. The van der Waals surface area contributed by atoms with Crippen molar-refractivity contribution in [2.75, 3.05) is 7.11 Å². The molecule has 0 saturated carbocycles. The molecule has 0 aliphatic rings. The van der Waals surface area contributed by atoms with E-state index >= 15 is 0 Å². The topological polar surface area (TPSA) is 141 Å². The minimum Gasteiger partial charge on any atom is -0.507 e. The number of hydrogen-bond acceptors (Lipinski definition) is 8. The Balaban J connectivity index is 2.41. The van der Waals surface area contributed by atoms with Crippen molar-refractivity contribution in [3.63, 3.8) is 0 Å². The van der Waals surface area contributed by atoms with Crippen LogP contribution in [-0.4, -0.2) is 38.2 Å². The summed E-state index contributed by atoms with van der Waals surface area (Å²) in [6, 6.07) is 3.83. The van der Waals surface area contributed by atoms with Crippen LogP contribution in [0.5, 0.6) is 28.7 Å². The molecule has 1 aromatic heterocycles. The van der Waals surface area contributed by atoms with Gasteiger partial charge in [-0.25, -0.2) is 0 Å². The van der Waals surface area contributed by atoms with Crippen molar-refractivity contribution >= 4 is 11.0 Å². The number of aliphatic hydroxyl groups is 1. The van der Waals surface area contributed by atoms with E-state index in [2.05, 4.69) is 0 Å². The van der Waals surface area contributed by atoms with E-state index in [1.165, 1.54) is 19.2 Å². The van der Waals surface area contributed by atoms with Gasteiger partial charge in [0.05, 0.1) is 12.7 Å². The van der Waals surface area contributed by atoms with Crippen LogP contribution < -0.4 is 10.2 Å². The summed E-state index contributed by atoms with van der Waals surface area (Å²) in [5, 5.41) is 51.6. The van der Waals surface area contributed by atoms with E-state index in [4.69, 9.17) is 9.15 Å². The molecule has 0 fully saturated rings. The number of aryl methyl sites for hydroxylation is 1. The fourth-order valence-corrected chi connectivity index (χ4v) is 3.75. The van der Waals surface area contributed by atoms with Crippen molar-refractivity contribution in [2.45, 2.75) is 52.6 Å². The highest BCUT2D eigenvalue weighted by molar-refractivity contribution is 5.91. The van der Waals surface area contributed by atoms with Gasteiger partial charge in [0.15, 0.2) is 17.3 Å². The second-order valence-electron chi connectivity index (χ2n) is 9.15. The van der Waals surface area contributed by atoms with Gasteiger partial charge in [-0.2, -0.15) is 0 Å². The molecule has 1 heterocycles. The molecule has 3 rings (SSSR count). The number of phenolic OH excluding ortho intramolecular Hbond substituents is 4. The average molecular weight is 471 g/mol. The predicted octanol–water partition coefficient (Wildman–Crippen LogP) is 4.50. The van der Waals surface area contributed by atoms with Crippen LogP contribution in [0.15, 0.2) is 39.1 Å². The molecule has 3 aromatic rings. The maximum atomic E-state index is 13.4. The van der Waals surface area contributed by atoms with Crippen LogP contribution in [-0.2, 0) is 12.8 Å². The van der Waals surface area contributed by atoms with E-state index in [1.54, 1.807) is 13.8 Å². The molecule has 182 valence electrons. The van der Waals surface area contributed by atoms with Crippen LogP contribution in [0.2, 0.25) is 0 Å². The van der Waals surface area contributed by atoms with Gasteiger partial charge in [0.25, 0.3) is 0 Å². The Hall–Kier alpha value is -3.65. The first-order valence-corrected chi connectivity index (χ1v) is 10.8. The third kappa shape index (κ3) is 4.82. The summed E-state index contributed by atoms with van der Waals surface area (Å²) in [7, 11) is 1.28. The standard InChI is InChI=1S/C26H30O8/c1-13(2)6-7-14-15(8-9-17(27)21(14)30)24-25(33-5)22(31)20-19(29)12-18(28)16(23(20)34-24)10-11-26(3,4)32/h6,8-9,12,27-30,32H,7,10-11H2,1-5H3. The molecule has 0 saturated heterocycles. The van der Waals surface area contributed by atoms with E-state index in [1.807, 2.05) is 19.9 Å². The lowest BCUT2D eigenvalue weighted by molar-refractivity contribution is 0.0713. The maximum absolute atomic E-state index is 13.4. The second kappa shape index (κ2) is 9.30. The summed E-state index contributed by atoms with van der Waals surface area (Å²) >= 11 is 0. The van der Waals surface area contributed by atoms with Crippen LogP contribution in [0.25, 0.3) is 22.3 Å². The lowest BCUT2D eigenvalue weighted by Crippen LogP contribution is -2.19. The molecule has 0 amide bonds. The average Bonchev–Trinajstić information content (AvgIpc) is 2.73.